The topological polar surface area (TPSA) is 141 Å². The van der Waals surface area contributed by atoms with Gasteiger partial charge in [0, 0.05) is 11.7 Å². The van der Waals surface area contributed by atoms with Gasteiger partial charge in [0.15, 0.2) is 5.69 Å². The van der Waals surface area contributed by atoms with E-state index in [1.807, 2.05) is 6.92 Å². The number of carbonyl (C=O) groups is 3. The second-order valence-corrected chi connectivity index (χ2v) is 9.20. The normalized spacial score (nSPS) is 14.5. The average molecular weight is 488 g/mol. The van der Waals surface area contributed by atoms with Gasteiger partial charge < -0.3 is 21.5 Å². The van der Waals surface area contributed by atoms with Crippen molar-refractivity contribution >= 4 is 40.6 Å². The van der Waals surface area contributed by atoms with E-state index in [0.29, 0.717) is 24.5 Å². The number of unbranched alkanes of at least 4 members (excludes halogenated alkanes) is 1. The summed E-state index contributed by atoms with van der Waals surface area (Å²) >= 11 is 0.801. The highest BCUT2D eigenvalue weighted by Gasteiger charge is 2.34. The summed E-state index contributed by atoms with van der Waals surface area (Å²) < 4.78 is 9.69. The maximum atomic E-state index is 13.7. The van der Waals surface area contributed by atoms with Crippen molar-refractivity contribution in [3.63, 3.8) is 0 Å². The summed E-state index contributed by atoms with van der Waals surface area (Å²) in [5, 5.41) is 3.10. The van der Waals surface area contributed by atoms with Crippen LogP contribution in [0.1, 0.15) is 79.0 Å². The Morgan fingerprint density at radius 1 is 1.21 bits per heavy atom. The highest BCUT2D eigenvalue weighted by Crippen LogP contribution is 2.30. The standard InChI is InChI=1S/C24H33N5O4S/c1-3-5-14-33-17-12-10-16(11-13-17)29(18(4-2)23(31)27-15-8-6-7-9-15)24(32)21-19(25)20(22(26)30)28-34-21/h10-13,15,18H,3-9,14,25H2,1-2H3,(H2,26,30)(H,27,31)/t18-/m0/s1. The molecule has 0 bridgehead atoms. The minimum atomic E-state index is -0.807. The van der Waals surface area contributed by atoms with E-state index in [1.165, 1.54) is 4.90 Å². The third-order valence-corrected chi connectivity index (χ3v) is 6.81. The average Bonchev–Trinajstić information content (AvgIpc) is 3.47. The number of anilines is 2. The fraction of sp³-hybridized carbons (Fsp3) is 0.500. The molecule has 1 aliphatic carbocycles. The second-order valence-electron chi connectivity index (χ2n) is 8.42. The number of aromatic nitrogens is 1. The molecule has 0 radical (unpaired) electrons. The van der Waals surface area contributed by atoms with Crippen molar-refractivity contribution in [1.82, 2.24) is 9.69 Å². The first-order valence-corrected chi connectivity index (χ1v) is 12.6. The van der Waals surface area contributed by atoms with Gasteiger partial charge in [-0.25, -0.2) is 0 Å². The molecular formula is C24H33N5O4S. The van der Waals surface area contributed by atoms with Crippen LogP contribution in [-0.4, -0.2) is 40.8 Å². The Morgan fingerprint density at radius 2 is 1.88 bits per heavy atom. The fourth-order valence-corrected chi connectivity index (χ4v) is 4.81. The third kappa shape index (κ3) is 5.85. The lowest BCUT2D eigenvalue weighted by Crippen LogP contribution is -2.51. The number of hydrogen-bond donors (Lipinski definition) is 3. The van der Waals surface area contributed by atoms with Gasteiger partial charge in [-0.3, -0.25) is 19.3 Å². The minimum Gasteiger partial charge on any atom is -0.494 e. The molecule has 5 N–H and O–H groups in total. The van der Waals surface area contributed by atoms with Crippen molar-refractivity contribution in [2.24, 2.45) is 5.73 Å². The summed E-state index contributed by atoms with van der Waals surface area (Å²) in [7, 11) is 0. The zero-order chi connectivity index (χ0) is 24.7. The van der Waals surface area contributed by atoms with Crippen LogP contribution < -0.4 is 26.4 Å². The lowest BCUT2D eigenvalue weighted by Gasteiger charge is -2.31. The molecule has 0 saturated heterocycles. The summed E-state index contributed by atoms with van der Waals surface area (Å²) in [6.07, 6.45) is 6.39. The number of nitrogens with two attached hydrogens (primary N) is 2. The van der Waals surface area contributed by atoms with Crippen LogP contribution in [0.2, 0.25) is 0 Å². The van der Waals surface area contributed by atoms with E-state index in [-0.39, 0.29) is 28.2 Å². The summed E-state index contributed by atoms with van der Waals surface area (Å²) in [6.45, 7) is 4.55. The van der Waals surface area contributed by atoms with Crippen LogP contribution in [0.25, 0.3) is 0 Å². The maximum absolute atomic E-state index is 13.7. The van der Waals surface area contributed by atoms with E-state index in [9.17, 15) is 14.4 Å². The van der Waals surface area contributed by atoms with Gasteiger partial charge in [-0.15, -0.1) is 0 Å². The van der Waals surface area contributed by atoms with Crippen LogP contribution in [0.5, 0.6) is 5.75 Å². The van der Waals surface area contributed by atoms with E-state index in [0.717, 1.165) is 50.1 Å². The molecule has 3 amide bonds. The number of benzene rings is 1. The van der Waals surface area contributed by atoms with E-state index in [2.05, 4.69) is 16.6 Å². The van der Waals surface area contributed by atoms with Crippen molar-refractivity contribution in [1.29, 1.82) is 0 Å². The first-order valence-electron chi connectivity index (χ1n) is 11.8. The lowest BCUT2D eigenvalue weighted by molar-refractivity contribution is -0.123. The number of hydrogen-bond acceptors (Lipinski definition) is 7. The smallest absolute Gasteiger partial charge is 0.272 e. The molecular weight excluding hydrogens is 454 g/mol. The Bertz CT molecular complexity index is 1000. The number of nitrogens with zero attached hydrogens (tertiary/aromatic N) is 2. The molecule has 1 aromatic carbocycles. The molecule has 1 saturated carbocycles. The van der Waals surface area contributed by atoms with Gasteiger partial charge in [-0.2, -0.15) is 4.37 Å². The van der Waals surface area contributed by atoms with Crippen molar-refractivity contribution in [3.05, 3.63) is 34.8 Å². The zero-order valence-electron chi connectivity index (χ0n) is 19.7. The van der Waals surface area contributed by atoms with E-state index in [1.54, 1.807) is 24.3 Å². The molecule has 1 aliphatic rings. The van der Waals surface area contributed by atoms with Gasteiger partial charge >= 0.3 is 0 Å². The first kappa shape index (κ1) is 25.5. The summed E-state index contributed by atoms with van der Waals surface area (Å²) in [5.74, 6) is -0.847. The Balaban J connectivity index is 1.94. The molecule has 34 heavy (non-hydrogen) atoms. The van der Waals surface area contributed by atoms with Crippen molar-refractivity contribution in [2.45, 2.75) is 70.9 Å². The van der Waals surface area contributed by atoms with E-state index >= 15 is 0 Å². The number of amides is 3. The SMILES string of the molecule is CCCCOc1ccc(N(C(=O)c2snc(C(N)=O)c2N)[C@@H](CC)C(=O)NC2CCCC2)cc1. The molecule has 0 aliphatic heterocycles. The maximum Gasteiger partial charge on any atom is 0.272 e. The van der Waals surface area contributed by atoms with Crippen LogP contribution in [-0.2, 0) is 4.79 Å². The number of rotatable bonds is 11. The van der Waals surface area contributed by atoms with E-state index in [4.69, 9.17) is 16.2 Å². The highest BCUT2D eigenvalue weighted by molar-refractivity contribution is 7.09. The van der Waals surface area contributed by atoms with Gasteiger partial charge in [-0.1, -0.05) is 33.1 Å². The number of nitrogen functional groups attached to an aromatic ring is 1. The molecule has 3 rings (SSSR count). The van der Waals surface area contributed by atoms with Gasteiger partial charge in [0.05, 0.1) is 12.3 Å². The molecule has 1 atom stereocenters. The van der Waals surface area contributed by atoms with Crippen LogP contribution in [0.15, 0.2) is 24.3 Å². The minimum absolute atomic E-state index is 0.0712. The first-order chi connectivity index (χ1) is 16.4. The van der Waals surface area contributed by atoms with Crippen molar-refractivity contribution in [3.8, 4) is 5.75 Å². The van der Waals surface area contributed by atoms with Crippen LogP contribution in [0.4, 0.5) is 11.4 Å². The summed E-state index contributed by atoms with van der Waals surface area (Å²) in [5.41, 5.74) is 11.7. The molecule has 1 fully saturated rings. The summed E-state index contributed by atoms with van der Waals surface area (Å²) in [4.78, 5) is 40.1. The van der Waals surface area contributed by atoms with Gasteiger partial charge in [0.25, 0.3) is 11.8 Å². The highest BCUT2D eigenvalue weighted by atomic mass is 32.1. The predicted molar refractivity (Wildman–Crippen MR) is 133 cm³/mol. The monoisotopic (exact) mass is 487 g/mol. The Morgan fingerprint density at radius 3 is 2.44 bits per heavy atom. The van der Waals surface area contributed by atoms with Crippen molar-refractivity contribution in [2.75, 3.05) is 17.2 Å². The molecule has 9 nitrogen and oxygen atoms in total. The van der Waals surface area contributed by atoms with Crippen LogP contribution in [0, 0.1) is 0 Å². The molecule has 0 unspecified atom stereocenters. The third-order valence-electron chi connectivity index (χ3n) is 5.96. The van der Waals surface area contributed by atoms with Gasteiger partial charge in [0.1, 0.15) is 16.7 Å². The second kappa shape index (κ2) is 11.8. The fourth-order valence-electron chi connectivity index (χ4n) is 4.07. The lowest BCUT2D eigenvalue weighted by atomic mass is 10.1. The molecule has 0 spiro atoms. The van der Waals surface area contributed by atoms with E-state index < -0.39 is 17.9 Å². The number of nitrogens with one attached hydrogen (secondary N) is 1. The van der Waals surface area contributed by atoms with Gasteiger partial charge in [0.2, 0.25) is 5.91 Å². The van der Waals surface area contributed by atoms with Crippen molar-refractivity contribution < 1.29 is 19.1 Å². The largest absolute Gasteiger partial charge is 0.494 e. The van der Waals surface area contributed by atoms with Gasteiger partial charge in [-0.05, 0) is 61.5 Å². The number of carbonyl (C=O) groups excluding carboxylic acids is 3. The quantitative estimate of drug-likeness (QED) is 0.414. The Kier molecular flexibility index (Phi) is 8.86. The number of primary amides is 1. The molecule has 184 valence electrons. The summed E-state index contributed by atoms with van der Waals surface area (Å²) in [6, 6.07) is 6.39. The Hall–Kier alpha value is -3.14. The molecule has 10 heteroatoms. The number of ether oxygens (including phenoxy) is 1. The molecule has 2 aromatic rings. The van der Waals surface area contributed by atoms with Crippen LogP contribution >= 0.6 is 11.5 Å². The zero-order valence-corrected chi connectivity index (χ0v) is 20.5. The molecule has 1 aromatic heterocycles. The molecule has 1 heterocycles. The predicted octanol–water partition coefficient (Wildman–Crippen LogP) is 3.49. The van der Waals surface area contributed by atoms with Crippen LogP contribution in [0.3, 0.4) is 0 Å². The Labute approximate surface area is 204 Å².